The maximum atomic E-state index is 13.2. The number of carbonyl (C=O) groups excluding carboxylic acids is 3. The number of Topliss-reactive ketones (excluding diaryl/α,β-unsaturated/α-hetero) is 1. The number of ether oxygens (including phenoxy) is 3. The number of benzene rings is 1. The zero-order chi connectivity index (χ0) is 28.4. The van der Waals surface area contributed by atoms with Gasteiger partial charge in [0, 0.05) is 0 Å². The summed E-state index contributed by atoms with van der Waals surface area (Å²) in [5.41, 5.74) is 0.635. The Hall–Kier alpha value is -3.23. The van der Waals surface area contributed by atoms with E-state index >= 15 is 0 Å². The molecule has 0 aromatic heterocycles. The van der Waals surface area contributed by atoms with E-state index in [0.29, 0.717) is 29.5 Å². The molecule has 1 aromatic rings. The van der Waals surface area contributed by atoms with Gasteiger partial charge >= 0.3 is 174 Å². The molecule has 2 saturated heterocycles. The molecule has 0 spiro atoms. The van der Waals surface area contributed by atoms with Crippen molar-refractivity contribution in [1.82, 2.24) is 5.32 Å². The van der Waals surface area contributed by atoms with Crippen LogP contribution in [0.2, 0.25) is 5.32 Å². The van der Waals surface area contributed by atoms with Crippen LogP contribution in [-0.2, 0) is 32.4 Å². The zero-order valence-electron chi connectivity index (χ0n) is 22.7. The predicted octanol–water partition coefficient (Wildman–Crippen LogP) is 3.26. The molecular weight excluding hydrogens is 565 g/mol. The Morgan fingerprint density at radius 1 is 1.18 bits per heavy atom. The molecule has 0 radical (unpaired) electrons. The van der Waals surface area contributed by atoms with E-state index in [-0.39, 0.29) is 12.4 Å². The van der Waals surface area contributed by atoms with Gasteiger partial charge in [-0.2, -0.15) is 0 Å². The summed E-state index contributed by atoms with van der Waals surface area (Å²) in [5, 5.41) is 3.21. The van der Waals surface area contributed by atoms with Crippen LogP contribution in [0.3, 0.4) is 0 Å². The molecule has 2 aliphatic rings. The predicted molar refractivity (Wildman–Crippen MR) is 149 cm³/mol. The SMILES string of the molecule is C\C=C(/C=C(C)/C=C/C=C/C=C(\C)C(=O)[C@H]1C(=O)N[C@]2(OCC[Se](=O)c3ccccc3)CCO[C@H]12)C(=O)OC. The maximum absolute atomic E-state index is 13.2. The summed E-state index contributed by atoms with van der Waals surface area (Å²) in [7, 11) is 1.34. The van der Waals surface area contributed by atoms with Crippen molar-refractivity contribution < 1.29 is 32.4 Å². The van der Waals surface area contributed by atoms with Crippen LogP contribution < -0.4 is 9.78 Å². The molecule has 2 heterocycles. The second-order valence-electron chi connectivity index (χ2n) is 9.19. The smallest absolute Gasteiger partial charge is 0.337 e. The number of allylic oxidation sites excluding steroid dienone is 8. The van der Waals surface area contributed by atoms with Crippen molar-refractivity contribution in [1.29, 1.82) is 0 Å². The molecule has 3 rings (SSSR count). The van der Waals surface area contributed by atoms with Gasteiger partial charge < -0.3 is 4.74 Å². The van der Waals surface area contributed by atoms with Gasteiger partial charge in [0.2, 0.25) is 0 Å². The van der Waals surface area contributed by atoms with Crippen molar-refractivity contribution in [2.24, 2.45) is 5.92 Å². The fraction of sp³-hybridized carbons (Fsp3) is 0.367. The zero-order valence-corrected chi connectivity index (χ0v) is 24.4. The molecule has 1 N–H and O–H groups in total. The van der Waals surface area contributed by atoms with Gasteiger partial charge in [0.1, 0.15) is 0 Å². The number of esters is 1. The van der Waals surface area contributed by atoms with E-state index in [1.54, 1.807) is 50.3 Å². The molecule has 0 aliphatic carbocycles. The number of methoxy groups -OCH3 is 1. The number of hydrogen-bond acceptors (Lipinski definition) is 7. The second kappa shape index (κ2) is 14.2. The largest absolute Gasteiger partial charge is 0.465 e. The standard InChI is InChI=1S/C30H35NO7Se/c1-5-23(29(34)36-4)20-21(2)12-8-6-9-13-22(3)26(32)25-27-30(16-17-37-27,31-28(25)33)38-18-19-39(35)24-14-10-7-11-15-24/h5-15,20,25,27H,16-19H2,1-4H3,(H,31,33)/b9-6+,12-8+,21-20+,22-13+,23-5+/t25-,27-,30+,39?/m1/s1. The molecule has 4 atom stereocenters. The molecule has 9 heteroatoms. The summed E-state index contributed by atoms with van der Waals surface area (Å²) in [6, 6.07) is 9.26. The van der Waals surface area contributed by atoms with Crippen LogP contribution in [0.4, 0.5) is 0 Å². The van der Waals surface area contributed by atoms with E-state index in [1.165, 1.54) is 7.11 Å². The molecule has 1 aromatic carbocycles. The average Bonchev–Trinajstić information content (AvgIpc) is 3.45. The van der Waals surface area contributed by atoms with E-state index in [1.807, 2.05) is 43.3 Å². The van der Waals surface area contributed by atoms with E-state index in [4.69, 9.17) is 14.2 Å². The number of hydrogen-bond donors (Lipinski definition) is 1. The van der Waals surface area contributed by atoms with Crippen molar-refractivity contribution in [2.45, 2.75) is 44.3 Å². The third-order valence-corrected chi connectivity index (χ3v) is 9.30. The van der Waals surface area contributed by atoms with E-state index < -0.39 is 43.5 Å². The molecule has 1 amide bonds. The van der Waals surface area contributed by atoms with E-state index in [0.717, 1.165) is 10.0 Å². The van der Waals surface area contributed by atoms with Gasteiger partial charge in [-0.25, -0.2) is 4.79 Å². The first kappa shape index (κ1) is 30.3. The number of amides is 1. The summed E-state index contributed by atoms with van der Waals surface area (Å²) in [6.45, 7) is 5.83. The molecule has 2 fully saturated rings. The Bertz CT molecular complexity index is 1250. The number of fused-ring (bicyclic) bond motifs is 1. The second-order valence-corrected chi connectivity index (χ2v) is 12.5. The van der Waals surface area contributed by atoms with Crippen LogP contribution in [0.1, 0.15) is 27.2 Å². The normalized spacial score (nSPS) is 24.7. The molecule has 39 heavy (non-hydrogen) atoms. The van der Waals surface area contributed by atoms with Crippen molar-refractivity contribution in [3.8, 4) is 0 Å². The van der Waals surface area contributed by atoms with Crippen LogP contribution in [0, 0.1) is 5.92 Å². The Labute approximate surface area is 233 Å². The Morgan fingerprint density at radius 2 is 1.92 bits per heavy atom. The minimum absolute atomic E-state index is 0.192. The van der Waals surface area contributed by atoms with Crippen LogP contribution >= 0.6 is 0 Å². The van der Waals surface area contributed by atoms with Crippen LogP contribution in [0.5, 0.6) is 0 Å². The quantitative estimate of drug-likeness (QED) is 0.129. The van der Waals surface area contributed by atoms with E-state index in [9.17, 15) is 18.2 Å². The first-order chi connectivity index (χ1) is 18.7. The van der Waals surface area contributed by atoms with Gasteiger partial charge in [-0.3, -0.25) is 0 Å². The van der Waals surface area contributed by atoms with Crippen LogP contribution in [0.25, 0.3) is 0 Å². The summed E-state index contributed by atoms with van der Waals surface area (Å²) in [5.74, 6) is -2.17. The summed E-state index contributed by atoms with van der Waals surface area (Å²) in [4.78, 5) is 37.7. The van der Waals surface area contributed by atoms with Crippen LogP contribution in [0.15, 0.2) is 89.6 Å². The molecule has 2 aliphatic heterocycles. The van der Waals surface area contributed by atoms with Crippen molar-refractivity contribution >= 4 is 36.0 Å². The van der Waals surface area contributed by atoms with Crippen molar-refractivity contribution in [3.05, 3.63) is 89.6 Å². The summed E-state index contributed by atoms with van der Waals surface area (Å²) < 4.78 is 30.1. The summed E-state index contributed by atoms with van der Waals surface area (Å²) >= 11 is -2.27. The molecule has 8 nitrogen and oxygen atoms in total. The molecule has 1 unspecified atom stereocenters. The minimum Gasteiger partial charge on any atom is -0.465 e. The molecule has 0 saturated carbocycles. The third kappa shape index (κ3) is 7.67. The molecule has 0 bridgehead atoms. The number of nitrogens with one attached hydrogen (secondary N) is 1. The average molecular weight is 601 g/mol. The van der Waals surface area contributed by atoms with Crippen LogP contribution in [-0.4, -0.2) is 63.6 Å². The Kier molecular flexibility index (Phi) is 11.1. The first-order valence-electron chi connectivity index (χ1n) is 12.7. The van der Waals surface area contributed by atoms with Crippen molar-refractivity contribution in [3.63, 3.8) is 0 Å². The summed E-state index contributed by atoms with van der Waals surface area (Å²) in [6.07, 6.45) is 11.8. The fourth-order valence-electron chi connectivity index (χ4n) is 4.44. The van der Waals surface area contributed by atoms with E-state index in [2.05, 4.69) is 5.32 Å². The fourth-order valence-corrected chi connectivity index (χ4v) is 6.40. The van der Waals surface area contributed by atoms with Gasteiger partial charge in [0.05, 0.1) is 12.7 Å². The minimum atomic E-state index is -2.27. The number of rotatable bonds is 12. The van der Waals surface area contributed by atoms with Gasteiger partial charge in [-0.15, -0.1) is 0 Å². The van der Waals surface area contributed by atoms with Crippen molar-refractivity contribution in [2.75, 3.05) is 20.3 Å². The monoisotopic (exact) mass is 601 g/mol. The molecule has 208 valence electrons. The van der Waals surface area contributed by atoms with Gasteiger partial charge in [-0.1, -0.05) is 17.7 Å². The maximum Gasteiger partial charge on any atom is 0.337 e. The molecular formula is C30H35NO7Se. The topological polar surface area (TPSA) is 108 Å². The van der Waals surface area contributed by atoms with Gasteiger partial charge in [0.15, 0.2) is 0 Å². The van der Waals surface area contributed by atoms with Gasteiger partial charge in [-0.05, 0) is 19.9 Å². The Balaban J connectivity index is 1.60. The number of carbonyl (C=O) groups is 3. The third-order valence-electron chi connectivity index (χ3n) is 6.50. The Morgan fingerprint density at radius 3 is 2.62 bits per heavy atom. The number of ketones is 1. The van der Waals surface area contributed by atoms with Gasteiger partial charge in [0.25, 0.3) is 0 Å². The first-order valence-corrected chi connectivity index (χ1v) is 15.5.